The van der Waals surface area contributed by atoms with Gasteiger partial charge in [0.2, 0.25) is 0 Å². The van der Waals surface area contributed by atoms with E-state index in [0.29, 0.717) is 28.1 Å². The Balaban J connectivity index is 1.95. The number of fused-ring (bicyclic) bond motifs is 1. The van der Waals surface area contributed by atoms with E-state index >= 15 is 0 Å². The third-order valence-corrected chi connectivity index (χ3v) is 5.04. The minimum Gasteiger partial charge on any atom is -0.387 e. The first-order valence-corrected chi connectivity index (χ1v) is 10.4. The molecule has 0 aliphatic heterocycles. The zero-order valence-corrected chi connectivity index (χ0v) is 18.5. The molecule has 0 saturated carbocycles. The van der Waals surface area contributed by atoms with Crippen molar-refractivity contribution >= 4 is 22.6 Å². The number of nitrogens with one attached hydrogen (secondary N) is 2. The molecule has 0 aliphatic carbocycles. The quantitative estimate of drug-likeness (QED) is 0.451. The highest BCUT2D eigenvalue weighted by Crippen LogP contribution is 2.23. The van der Waals surface area contributed by atoms with Gasteiger partial charge in [0.1, 0.15) is 12.2 Å². The molecule has 0 fully saturated rings. The zero-order chi connectivity index (χ0) is 24.2. The molecule has 33 heavy (non-hydrogen) atoms. The lowest BCUT2D eigenvalue weighted by Gasteiger charge is -2.23. The third-order valence-electron chi connectivity index (χ3n) is 5.04. The van der Waals surface area contributed by atoms with Crippen molar-refractivity contribution in [3.8, 4) is 11.9 Å². The molecule has 0 saturated heterocycles. The second-order valence-corrected chi connectivity index (χ2v) is 8.25. The average Bonchev–Trinajstić information content (AvgIpc) is 3.19. The van der Waals surface area contributed by atoms with Gasteiger partial charge in [0.15, 0.2) is 11.5 Å². The molecule has 3 rings (SSSR count). The van der Waals surface area contributed by atoms with Crippen LogP contribution in [0, 0.1) is 11.3 Å². The fraction of sp³-hybridized carbons (Fsp3) is 0.409. The highest BCUT2D eigenvalue weighted by molar-refractivity contribution is 5.99. The Labute approximate surface area is 189 Å². The maximum Gasteiger partial charge on any atom is 0.255 e. The molecule has 0 spiro atoms. The van der Waals surface area contributed by atoms with E-state index in [1.54, 1.807) is 25.3 Å². The van der Waals surface area contributed by atoms with Gasteiger partial charge in [0.05, 0.1) is 41.8 Å². The van der Waals surface area contributed by atoms with E-state index in [-0.39, 0.29) is 18.0 Å². The van der Waals surface area contributed by atoms with E-state index in [4.69, 9.17) is 5.26 Å². The van der Waals surface area contributed by atoms with E-state index in [9.17, 15) is 18.7 Å². The van der Waals surface area contributed by atoms with Crippen molar-refractivity contribution in [1.82, 2.24) is 25.1 Å². The third kappa shape index (κ3) is 5.59. The van der Waals surface area contributed by atoms with Gasteiger partial charge in [-0.25, -0.2) is 14.4 Å². The van der Waals surface area contributed by atoms with E-state index in [0.717, 1.165) is 0 Å². The number of carbonyl (C=O) groups excluding carboxylic acids is 1. The van der Waals surface area contributed by atoms with Crippen molar-refractivity contribution in [3.05, 3.63) is 41.9 Å². The van der Waals surface area contributed by atoms with Gasteiger partial charge in [0.25, 0.3) is 5.91 Å². The minimum absolute atomic E-state index is 0.128. The summed E-state index contributed by atoms with van der Waals surface area (Å²) < 4.78 is 28.3. The van der Waals surface area contributed by atoms with Crippen molar-refractivity contribution < 1.29 is 18.7 Å². The number of halogens is 2. The lowest BCUT2D eigenvalue weighted by atomic mass is 10.0. The summed E-state index contributed by atoms with van der Waals surface area (Å²) in [5.74, 6) is -0.258. The fourth-order valence-corrected chi connectivity index (χ4v) is 3.04. The summed E-state index contributed by atoms with van der Waals surface area (Å²) >= 11 is 0. The van der Waals surface area contributed by atoms with Gasteiger partial charge < -0.3 is 15.7 Å². The summed E-state index contributed by atoms with van der Waals surface area (Å²) in [5.41, 5.74) is -0.266. The Morgan fingerprint density at radius 2 is 2.06 bits per heavy atom. The van der Waals surface area contributed by atoms with Crippen LogP contribution in [0.25, 0.3) is 16.9 Å². The smallest absolute Gasteiger partial charge is 0.255 e. The molecule has 0 aliphatic rings. The fourth-order valence-electron chi connectivity index (χ4n) is 3.04. The molecule has 2 unspecified atom stereocenters. The van der Waals surface area contributed by atoms with Crippen LogP contribution in [0.15, 0.2) is 30.7 Å². The molecule has 2 atom stereocenters. The Hall–Kier alpha value is -3.65. The van der Waals surface area contributed by atoms with E-state index in [1.165, 1.54) is 30.9 Å². The molecule has 3 aromatic heterocycles. The van der Waals surface area contributed by atoms with Crippen LogP contribution in [-0.4, -0.2) is 61.8 Å². The number of pyridine rings is 2. The van der Waals surface area contributed by atoms with Crippen LogP contribution in [0.5, 0.6) is 0 Å². The maximum atomic E-state index is 14.1. The molecule has 174 valence electrons. The van der Waals surface area contributed by atoms with Gasteiger partial charge >= 0.3 is 0 Å². The Bertz CT molecular complexity index is 1180. The van der Waals surface area contributed by atoms with Crippen molar-refractivity contribution in [3.63, 3.8) is 0 Å². The molecule has 3 aromatic rings. The molecule has 11 heteroatoms. The topological polar surface area (TPSA) is 129 Å². The van der Waals surface area contributed by atoms with Gasteiger partial charge in [-0.15, -0.1) is 0 Å². The number of nitrogens with zero attached hydrogens (tertiary/aromatic N) is 5. The number of hydrogen-bond donors (Lipinski definition) is 3. The number of nitriles is 1. The number of amides is 1. The highest BCUT2D eigenvalue weighted by Gasteiger charge is 2.27. The van der Waals surface area contributed by atoms with Gasteiger partial charge in [-0.2, -0.15) is 15.0 Å². The summed E-state index contributed by atoms with van der Waals surface area (Å²) in [5, 5.41) is 29.3. The number of alkyl halides is 2. The zero-order valence-electron chi connectivity index (χ0n) is 18.5. The van der Waals surface area contributed by atoms with E-state index < -0.39 is 30.9 Å². The Morgan fingerprint density at radius 1 is 1.30 bits per heavy atom. The Morgan fingerprint density at radius 3 is 2.73 bits per heavy atom. The molecular formula is C22H25F2N7O2. The molecule has 0 bridgehead atoms. The molecule has 0 radical (unpaired) electrons. The Kier molecular flexibility index (Phi) is 7.18. The number of rotatable bonds is 9. The summed E-state index contributed by atoms with van der Waals surface area (Å²) in [7, 11) is 0. The van der Waals surface area contributed by atoms with E-state index in [2.05, 4.69) is 25.7 Å². The van der Waals surface area contributed by atoms with Crippen LogP contribution in [-0.2, 0) is 0 Å². The van der Waals surface area contributed by atoms with Crippen LogP contribution in [0.1, 0.15) is 43.1 Å². The van der Waals surface area contributed by atoms with Crippen LogP contribution < -0.4 is 10.6 Å². The maximum absolute atomic E-state index is 14.1. The van der Waals surface area contributed by atoms with Crippen LogP contribution in [0.2, 0.25) is 0 Å². The predicted molar refractivity (Wildman–Crippen MR) is 119 cm³/mol. The summed E-state index contributed by atoms with van der Waals surface area (Å²) in [6.45, 7) is 3.46. The number of carbonyl (C=O) groups is 1. The molecule has 0 aromatic carbocycles. The van der Waals surface area contributed by atoms with E-state index in [1.807, 2.05) is 6.07 Å². The number of aliphatic hydroxyl groups is 1. The van der Waals surface area contributed by atoms with Crippen molar-refractivity contribution in [2.24, 2.45) is 0 Å². The lowest BCUT2D eigenvalue weighted by Crippen LogP contribution is -2.42. The SMILES string of the molecule is CC(CCF)Nc1cc(-n2ncc3cc(C#N)cnc32)ncc1C(=O)NCC(F)C(C)(C)O. The second kappa shape index (κ2) is 9.87. The van der Waals surface area contributed by atoms with Gasteiger partial charge in [0, 0.05) is 29.9 Å². The molecule has 3 heterocycles. The van der Waals surface area contributed by atoms with Gasteiger partial charge in [-0.3, -0.25) is 9.18 Å². The average molecular weight is 457 g/mol. The summed E-state index contributed by atoms with van der Waals surface area (Å²) in [6, 6.07) is 4.93. The number of aromatic nitrogens is 4. The molecule has 3 N–H and O–H groups in total. The molecule has 9 nitrogen and oxygen atoms in total. The predicted octanol–water partition coefficient (Wildman–Crippen LogP) is 2.69. The normalized spacial score (nSPS) is 13.4. The second-order valence-electron chi connectivity index (χ2n) is 8.25. The minimum atomic E-state index is -1.67. The van der Waals surface area contributed by atoms with Gasteiger partial charge in [-0.05, 0) is 33.3 Å². The first-order chi connectivity index (χ1) is 15.6. The number of hydrogen-bond acceptors (Lipinski definition) is 7. The van der Waals surface area contributed by atoms with Crippen LogP contribution >= 0.6 is 0 Å². The summed E-state index contributed by atoms with van der Waals surface area (Å²) in [4.78, 5) is 21.3. The summed E-state index contributed by atoms with van der Waals surface area (Å²) in [6.07, 6.45) is 2.82. The largest absolute Gasteiger partial charge is 0.387 e. The van der Waals surface area contributed by atoms with Crippen molar-refractivity contribution in [2.75, 3.05) is 18.5 Å². The van der Waals surface area contributed by atoms with Gasteiger partial charge in [-0.1, -0.05) is 0 Å². The van der Waals surface area contributed by atoms with Crippen molar-refractivity contribution in [1.29, 1.82) is 5.26 Å². The first-order valence-electron chi connectivity index (χ1n) is 10.4. The standard InChI is InChI=1S/C22H25F2N7O2/c1-13(4-5-23)30-17-7-19(31-20-15(10-29-31)6-14(8-25)9-27-20)26-11-16(17)21(32)28-12-18(24)22(2,3)33/h6-7,9-11,13,18,33H,4-5,12H2,1-3H3,(H,26,30)(H,28,32). The van der Waals surface area contributed by atoms with Crippen LogP contribution in [0.3, 0.4) is 0 Å². The molecular weight excluding hydrogens is 432 g/mol. The lowest BCUT2D eigenvalue weighted by molar-refractivity contribution is -0.00177. The monoisotopic (exact) mass is 457 g/mol. The first kappa shape index (κ1) is 24.0. The molecule has 1 amide bonds. The van der Waals surface area contributed by atoms with Crippen molar-refractivity contribution in [2.45, 2.75) is 45.0 Å². The highest BCUT2D eigenvalue weighted by atomic mass is 19.1. The van der Waals surface area contributed by atoms with Crippen LogP contribution in [0.4, 0.5) is 14.5 Å². The number of anilines is 1.